The predicted octanol–water partition coefficient (Wildman–Crippen LogP) is 9.92. The summed E-state index contributed by atoms with van der Waals surface area (Å²) in [6.07, 6.45) is 12.1. The Morgan fingerprint density at radius 2 is 0.833 bits per heavy atom. The Morgan fingerprint density at radius 3 is 1.10 bits per heavy atom. The molecular formula is C38H76N4O4P2. The molecule has 0 aliphatic carbocycles. The minimum Gasteiger partial charge on any atom is -0.316 e. The van der Waals surface area contributed by atoms with Gasteiger partial charge in [0.15, 0.2) is 0 Å². The number of piperidine rings is 2. The lowest BCUT2D eigenvalue weighted by molar-refractivity contribution is 0.0223. The highest BCUT2D eigenvalue weighted by molar-refractivity contribution is 7.45. The van der Waals surface area contributed by atoms with Crippen molar-refractivity contribution in [1.29, 1.82) is 0 Å². The second kappa shape index (κ2) is 16.7. The highest BCUT2D eigenvalue weighted by Gasteiger charge is 2.52. The van der Waals surface area contributed by atoms with E-state index in [2.05, 4.69) is 117 Å². The minimum atomic E-state index is -1.05. The van der Waals surface area contributed by atoms with Crippen molar-refractivity contribution in [1.82, 2.24) is 20.0 Å². The zero-order valence-electron chi connectivity index (χ0n) is 33.5. The van der Waals surface area contributed by atoms with Crippen LogP contribution in [0, 0.1) is 11.8 Å². The topological polar surface area (TPSA) is 67.5 Å². The van der Waals surface area contributed by atoms with E-state index in [0.717, 1.165) is 64.5 Å². The van der Waals surface area contributed by atoms with Gasteiger partial charge in [-0.1, -0.05) is 54.4 Å². The fourth-order valence-corrected chi connectivity index (χ4v) is 12.8. The molecule has 4 aliphatic rings. The number of unbranched alkanes of at least 4 members (excludes halogenated alkanes) is 3. The summed E-state index contributed by atoms with van der Waals surface area (Å²) in [5.74, 6) is 1.01. The molecule has 0 bridgehead atoms. The van der Waals surface area contributed by atoms with Crippen LogP contribution < -0.4 is 10.6 Å². The van der Waals surface area contributed by atoms with E-state index in [-0.39, 0.29) is 46.6 Å². The number of nitrogens with zero attached hydrogens (tertiary/aromatic N) is 2. The molecular weight excluding hydrogens is 638 g/mol. The fourth-order valence-electron chi connectivity index (χ4n) is 8.69. The molecule has 10 heteroatoms. The molecule has 4 heterocycles. The largest absolute Gasteiger partial charge is 0.316 e. The fraction of sp³-hybridized carbons (Fsp3) is 1.00. The molecule has 12 atom stereocenters. The molecule has 8 nitrogen and oxygen atoms in total. The van der Waals surface area contributed by atoms with E-state index in [4.69, 9.17) is 18.1 Å². The van der Waals surface area contributed by atoms with E-state index >= 15 is 0 Å². The van der Waals surface area contributed by atoms with Gasteiger partial charge in [-0.3, -0.25) is 0 Å². The molecule has 0 aromatic heterocycles. The zero-order chi connectivity index (χ0) is 35.7. The van der Waals surface area contributed by atoms with Crippen LogP contribution in [0.15, 0.2) is 0 Å². The van der Waals surface area contributed by atoms with E-state index in [1.54, 1.807) is 0 Å². The van der Waals surface area contributed by atoms with Crippen molar-refractivity contribution in [3.05, 3.63) is 0 Å². The maximum atomic E-state index is 6.56. The van der Waals surface area contributed by atoms with Crippen molar-refractivity contribution < 1.29 is 18.1 Å². The first kappa shape index (κ1) is 41.3. The lowest BCUT2D eigenvalue weighted by Crippen LogP contribution is -2.68. The van der Waals surface area contributed by atoms with Gasteiger partial charge in [-0.15, -0.1) is 0 Å². The Kier molecular flexibility index (Phi) is 14.4. The zero-order valence-corrected chi connectivity index (χ0v) is 35.3. The third kappa shape index (κ3) is 9.00. The van der Waals surface area contributed by atoms with Gasteiger partial charge in [0.25, 0.3) is 17.1 Å². The summed E-state index contributed by atoms with van der Waals surface area (Å²) < 4.78 is 31.6. The molecule has 4 aliphatic heterocycles. The Bertz CT molecular complexity index is 933. The van der Waals surface area contributed by atoms with Crippen molar-refractivity contribution in [2.24, 2.45) is 11.8 Å². The van der Waals surface area contributed by atoms with E-state index < -0.39 is 17.1 Å². The first-order chi connectivity index (χ1) is 22.5. The summed E-state index contributed by atoms with van der Waals surface area (Å²) in [4.78, 5) is 0. The monoisotopic (exact) mass is 715 g/mol. The molecule has 0 aromatic carbocycles. The summed E-state index contributed by atoms with van der Waals surface area (Å²) in [6, 6.07) is 0.872. The predicted molar refractivity (Wildman–Crippen MR) is 204 cm³/mol. The van der Waals surface area contributed by atoms with Gasteiger partial charge < -0.3 is 28.7 Å². The Morgan fingerprint density at radius 1 is 0.521 bits per heavy atom. The van der Waals surface area contributed by atoms with Gasteiger partial charge in [-0.25, -0.2) is 9.34 Å². The smallest absolute Gasteiger partial charge is 0.259 e. The molecule has 0 saturated carbocycles. The van der Waals surface area contributed by atoms with Gasteiger partial charge in [0, 0.05) is 47.3 Å². The number of hydrogen-bond acceptors (Lipinski definition) is 8. The Labute approximate surface area is 299 Å². The standard InChI is InChI=1S/C38H76N4O4P2/c1-15-35(11)25-33(27(5)37(13,17-3)39-35)41(47-43-29(7)30(8)44-47)23-21-19-20-22-24-42(48-45-31(9)32(10)46-48)34-26-36(12,16-2)40-38(14,18-4)28(34)6/h27-34,39-40H,15-26H2,1-14H3. The molecule has 4 rings (SSSR count). The van der Waals surface area contributed by atoms with Crippen LogP contribution in [0.2, 0.25) is 0 Å². The molecule has 0 amide bonds. The van der Waals surface area contributed by atoms with Crippen LogP contribution in [0.5, 0.6) is 0 Å². The van der Waals surface area contributed by atoms with Crippen molar-refractivity contribution in [3.63, 3.8) is 0 Å². The highest BCUT2D eigenvalue weighted by Crippen LogP contribution is 2.57. The Hall–Kier alpha value is 0.540. The molecule has 2 N–H and O–H groups in total. The van der Waals surface area contributed by atoms with Crippen LogP contribution in [0.25, 0.3) is 0 Å². The molecule has 4 saturated heterocycles. The molecule has 0 radical (unpaired) electrons. The number of nitrogens with one attached hydrogen (secondary N) is 2. The average molecular weight is 715 g/mol. The van der Waals surface area contributed by atoms with Crippen molar-refractivity contribution in [2.45, 2.75) is 220 Å². The van der Waals surface area contributed by atoms with Gasteiger partial charge in [0.05, 0.1) is 24.4 Å². The van der Waals surface area contributed by atoms with Gasteiger partial charge in [0.1, 0.15) is 0 Å². The third-order valence-electron chi connectivity index (χ3n) is 13.7. The quantitative estimate of drug-likeness (QED) is 0.128. The molecule has 0 aromatic rings. The average Bonchev–Trinajstić information content (AvgIpc) is 3.57. The van der Waals surface area contributed by atoms with E-state index in [0.29, 0.717) is 23.9 Å². The Balaban J connectivity index is 1.44. The van der Waals surface area contributed by atoms with Gasteiger partial charge >= 0.3 is 0 Å². The minimum absolute atomic E-state index is 0.0936. The summed E-state index contributed by atoms with van der Waals surface area (Å²) in [5, 5.41) is 8.18. The molecule has 0 spiro atoms. The van der Waals surface area contributed by atoms with Gasteiger partial charge in [-0.05, 0) is 119 Å². The second-order valence-corrected chi connectivity index (χ2v) is 20.0. The van der Waals surface area contributed by atoms with E-state index in [9.17, 15) is 0 Å². The lowest BCUT2D eigenvalue weighted by Gasteiger charge is -2.56. The van der Waals surface area contributed by atoms with Crippen LogP contribution in [0.1, 0.15) is 161 Å². The van der Waals surface area contributed by atoms with Gasteiger partial charge in [0.2, 0.25) is 0 Å². The summed E-state index contributed by atoms with van der Waals surface area (Å²) >= 11 is 0. The van der Waals surface area contributed by atoms with Crippen LogP contribution in [0.3, 0.4) is 0 Å². The van der Waals surface area contributed by atoms with Crippen molar-refractivity contribution in [2.75, 3.05) is 13.1 Å². The van der Waals surface area contributed by atoms with Crippen LogP contribution in [0.4, 0.5) is 0 Å². The maximum absolute atomic E-state index is 6.56. The molecule has 4 fully saturated rings. The third-order valence-corrected chi connectivity index (χ3v) is 17.6. The highest BCUT2D eigenvalue weighted by atomic mass is 31.2. The first-order valence-electron chi connectivity index (χ1n) is 19.9. The summed E-state index contributed by atoms with van der Waals surface area (Å²) in [6.45, 7) is 34.8. The normalized spacial score (nSPS) is 47.0. The van der Waals surface area contributed by atoms with Crippen LogP contribution in [-0.2, 0) is 18.1 Å². The van der Waals surface area contributed by atoms with Gasteiger partial charge in [-0.2, -0.15) is 0 Å². The van der Waals surface area contributed by atoms with Crippen LogP contribution >= 0.6 is 17.1 Å². The van der Waals surface area contributed by atoms with Crippen molar-refractivity contribution >= 4 is 17.1 Å². The lowest BCUT2D eigenvalue weighted by atomic mass is 9.69. The van der Waals surface area contributed by atoms with Crippen molar-refractivity contribution in [3.8, 4) is 0 Å². The summed E-state index contributed by atoms with van der Waals surface area (Å²) in [7, 11) is -2.11. The van der Waals surface area contributed by atoms with E-state index in [1.807, 2.05) is 0 Å². The number of hydrogen-bond donors (Lipinski definition) is 2. The molecule has 12 unspecified atom stereocenters. The van der Waals surface area contributed by atoms with Crippen LogP contribution in [-0.4, -0.2) is 81.1 Å². The second-order valence-electron chi connectivity index (χ2n) is 17.2. The molecule has 48 heavy (non-hydrogen) atoms. The SMILES string of the molecule is CCC1(C)CC(N(CCCCCCN(C2CC(C)(CC)NC(C)(CC)C2C)P2OC(C)C(C)O2)P2OC(C)C(C)O2)C(C)C(C)(CC)N1. The van der Waals surface area contributed by atoms with E-state index in [1.165, 1.54) is 12.8 Å². The first-order valence-corrected chi connectivity index (χ1v) is 22.1. The maximum Gasteiger partial charge on any atom is 0.259 e. The summed E-state index contributed by atoms with van der Waals surface area (Å²) in [5.41, 5.74) is 0.419. The molecule has 282 valence electrons. The number of rotatable bonds is 15.